The molecule has 1 aromatic carbocycles. The van der Waals surface area contributed by atoms with Crippen molar-refractivity contribution >= 4 is 33.2 Å². The highest BCUT2D eigenvalue weighted by Gasteiger charge is 2.14. The molecule has 2 atom stereocenters. The zero-order valence-electron chi connectivity index (χ0n) is 9.85. The Morgan fingerprint density at radius 2 is 1.74 bits per heavy atom. The molecule has 5 N–H and O–H groups in total. The van der Waals surface area contributed by atoms with E-state index < -0.39 is 16.4 Å². The van der Waals surface area contributed by atoms with Gasteiger partial charge in [0.2, 0.25) is 0 Å². The second-order valence-electron chi connectivity index (χ2n) is 3.71. The van der Waals surface area contributed by atoms with E-state index in [0.717, 1.165) is 30.0 Å². The molecular weight excluding hydrogens is 322 g/mol. The van der Waals surface area contributed by atoms with E-state index in [9.17, 15) is 15.2 Å². The van der Waals surface area contributed by atoms with Crippen molar-refractivity contribution in [3.8, 4) is 0 Å². The van der Waals surface area contributed by atoms with Gasteiger partial charge >= 0.3 is 0 Å². The van der Waals surface area contributed by atoms with Crippen molar-refractivity contribution in [1.29, 1.82) is 0 Å². The molecule has 2 unspecified atom stereocenters. The Morgan fingerprint density at radius 1 is 1.21 bits per heavy atom. The molecule has 0 saturated carbocycles. The van der Waals surface area contributed by atoms with Crippen molar-refractivity contribution in [3.05, 3.63) is 34.2 Å². The summed E-state index contributed by atoms with van der Waals surface area (Å²) in [5, 5.41) is 40.3. The minimum absolute atomic E-state index is 0.0203. The van der Waals surface area contributed by atoms with E-state index >= 15 is 0 Å². The second kappa shape index (κ2) is 7.50. The standard InChI is InChI=1S/C10H14BrN3O5/c11-2-1-3-12-10(15)7-4-8(13(16)17)6-9(5-7)14(18)19/h4-6,13-14,16,18H,1-3H2,(H,12,15). The lowest BCUT2D eigenvalue weighted by Crippen LogP contribution is -3.00. The lowest BCUT2D eigenvalue weighted by Gasteiger charge is -2.17. The van der Waals surface area contributed by atoms with Crippen molar-refractivity contribution in [2.75, 3.05) is 11.9 Å². The molecule has 0 saturated heterocycles. The molecule has 0 heterocycles. The predicted molar refractivity (Wildman–Crippen MR) is 68.7 cm³/mol. The lowest BCUT2D eigenvalue weighted by molar-refractivity contribution is -0.996. The van der Waals surface area contributed by atoms with Gasteiger partial charge in [0.25, 0.3) is 5.91 Å². The summed E-state index contributed by atoms with van der Waals surface area (Å²) in [4.78, 5) is 11.8. The van der Waals surface area contributed by atoms with Crippen molar-refractivity contribution in [1.82, 2.24) is 5.32 Å². The Labute approximate surface area is 117 Å². The van der Waals surface area contributed by atoms with Crippen LogP contribution in [0.2, 0.25) is 0 Å². The molecule has 0 fully saturated rings. The number of halogens is 1. The molecule has 1 rings (SSSR count). The third-order valence-electron chi connectivity index (χ3n) is 2.29. The van der Waals surface area contributed by atoms with Crippen LogP contribution in [0.3, 0.4) is 0 Å². The first-order valence-corrected chi connectivity index (χ1v) is 6.53. The maximum Gasteiger partial charge on any atom is 0.251 e. The zero-order chi connectivity index (χ0) is 14.4. The van der Waals surface area contributed by atoms with Crippen molar-refractivity contribution in [2.24, 2.45) is 0 Å². The van der Waals surface area contributed by atoms with Crippen LogP contribution in [0.5, 0.6) is 0 Å². The third kappa shape index (κ3) is 4.84. The van der Waals surface area contributed by atoms with E-state index in [1.807, 2.05) is 0 Å². The Morgan fingerprint density at radius 3 is 2.16 bits per heavy atom. The normalized spacial score (nSPS) is 13.9. The third-order valence-corrected chi connectivity index (χ3v) is 2.85. The van der Waals surface area contributed by atoms with Gasteiger partial charge in [0.15, 0.2) is 11.4 Å². The van der Waals surface area contributed by atoms with Crippen LogP contribution in [-0.4, -0.2) is 28.2 Å². The van der Waals surface area contributed by atoms with Crippen molar-refractivity contribution < 1.29 is 25.7 Å². The molecule has 0 aliphatic rings. The smallest absolute Gasteiger partial charge is 0.251 e. The molecule has 106 valence electrons. The molecule has 0 radical (unpaired) electrons. The molecular formula is C10H14BrN3O5. The van der Waals surface area contributed by atoms with E-state index in [4.69, 9.17) is 10.4 Å². The van der Waals surface area contributed by atoms with Crippen LogP contribution in [0.25, 0.3) is 0 Å². The summed E-state index contributed by atoms with van der Waals surface area (Å²) in [5.74, 6) is -0.494. The molecule has 0 aromatic heterocycles. The van der Waals surface area contributed by atoms with E-state index in [2.05, 4.69) is 21.2 Å². The average Bonchev–Trinajstić information content (AvgIpc) is 2.38. The van der Waals surface area contributed by atoms with Gasteiger partial charge in [-0.2, -0.15) is 10.5 Å². The summed E-state index contributed by atoms with van der Waals surface area (Å²) in [5.41, 5.74) is -0.442. The number of carbonyl (C=O) groups is 1. The Bertz CT molecular complexity index is 415. The van der Waals surface area contributed by atoms with E-state index in [1.165, 1.54) is 0 Å². The summed E-state index contributed by atoms with van der Waals surface area (Å²) in [6.07, 6.45) is 0.718. The SMILES string of the molecule is O=C(NCCCBr)c1cc([NH+]([O-])O)cc([NH+]([O-])O)c1. The maximum absolute atomic E-state index is 11.8. The van der Waals surface area contributed by atoms with Crippen molar-refractivity contribution in [2.45, 2.75) is 6.42 Å². The van der Waals surface area contributed by atoms with Crippen LogP contribution < -0.4 is 15.8 Å². The highest BCUT2D eigenvalue weighted by atomic mass is 79.9. The monoisotopic (exact) mass is 335 g/mol. The van der Waals surface area contributed by atoms with Crippen LogP contribution in [0.4, 0.5) is 11.4 Å². The molecule has 0 aliphatic heterocycles. The number of carbonyl (C=O) groups excluding carboxylic acids is 1. The highest BCUT2D eigenvalue weighted by Crippen LogP contribution is 2.13. The summed E-state index contributed by atoms with van der Waals surface area (Å²) < 4.78 is 0. The highest BCUT2D eigenvalue weighted by molar-refractivity contribution is 9.09. The molecule has 1 aromatic rings. The Balaban J connectivity index is 2.95. The second-order valence-corrected chi connectivity index (χ2v) is 4.50. The molecule has 9 heteroatoms. The fourth-order valence-electron chi connectivity index (χ4n) is 1.38. The van der Waals surface area contributed by atoms with Crippen LogP contribution in [0.1, 0.15) is 16.8 Å². The van der Waals surface area contributed by atoms with Gasteiger partial charge in [-0.05, 0) is 6.42 Å². The lowest BCUT2D eigenvalue weighted by atomic mass is 10.1. The van der Waals surface area contributed by atoms with Gasteiger partial charge in [0.05, 0.1) is 11.6 Å². The number of nitrogens with one attached hydrogen (secondary N) is 3. The molecule has 8 nitrogen and oxygen atoms in total. The largest absolute Gasteiger partial charge is 0.595 e. The number of hydrogen-bond donors (Lipinski definition) is 5. The first kappa shape index (κ1) is 16.0. The summed E-state index contributed by atoms with van der Waals surface area (Å²) in [6, 6.07) is 3.32. The van der Waals surface area contributed by atoms with E-state index in [-0.39, 0.29) is 16.9 Å². The van der Waals surface area contributed by atoms with Gasteiger partial charge in [-0.3, -0.25) is 4.79 Å². The summed E-state index contributed by atoms with van der Waals surface area (Å²) in [7, 11) is 0. The summed E-state index contributed by atoms with van der Waals surface area (Å²) >= 11 is 3.21. The Kier molecular flexibility index (Phi) is 6.31. The van der Waals surface area contributed by atoms with Gasteiger partial charge in [0, 0.05) is 24.0 Å². The van der Waals surface area contributed by atoms with Crippen LogP contribution in [0.15, 0.2) is 18.2 Å². The topological polar surface area (TPSA) is 125 Å². The quantitative estimate of drug-likeness (QED) is 0.259. The zero-order valence-corrected chi connectivity index (χ0v) is 11.4. The minimum Gasteiger partial charge on any atom is -0.595 e. The summed E-state index contributed by atoms with van der Waals surface area (Å²) in [6.45, 7) is 0.420. The average molecular weight is 336 g/mol. The fourth-order valence-corrected chi connectivity index (χ4v) is 1.66. The molecule has 0 spiro atoms. The first-order valence-electron chi connectivity index (χ1n) is 5.41. The molecule has 19 heavy (non-hydrogen) atoms. The van der Waals surface area contributed by atoms with Gasteiger partial charge in [-0.1, -0.05) is 15.9 Å². The number of rotatable bonds is 6. The fraction of sp³-hybridized carbons (Fsp3) is 0.300. The van der Waals surface area contributed by atoms with Gasteiger partial charge in [0.1, 0.15) is 0 Å². The molecule has 1 amide bonds. The first-order chi connectivity index (χ1) is 8.95. The van der Waals surface area contributed by atoms with Gasteiger partial charge in [-0.15, -0.1) is 0 Å². The van der Waals surface area contributed by atoms with Crippen LogP contribution >= 0.6 is 15.9 Å². The van der Waals surface area contributed by atoms with Gasteiger partial charge in [-0.25, -0.2) is 10.4 Å². The molecule has 0 aliphatic carbocycles. The number of hydrogen-bond acceptors (Lipinski definition) is 5. The number of alkyl halides is 1. The van der Waals surface area contributed by atoms with Crippen LogP contribution in [-0.2, 0) is 0 Å². The number of quaternary nitrogens is 2. The number of benzene rings is 1. The maximum atomic E-state index is 11.8. The van der Waals surface area contributed by atoms with E-state index in [1.54, 1.807) is 0 Å². The van der Waals surface area contributed by atoms with E-state index in [0.29, 0.717) is 6.54 Å². The van der Waals surface area contributed by atoms with Crippen molar-refractivity contribution in [3.63, 3.8) is 0 Å². The number of amides is 1. The predicted octanol–water partition coefficient (Wildman–Crippen LogP) is -0.992. The Hall–Kier alpha value is -1.07. The minimum atomic E-state index is -1.28. The van der Waals surface area contributed by atoms with Gasteiger partial charge < -0.3 is 15.7 Å². The molecule has 0 bridgehead atoms. The van der Waals surface area contributed by atoms with Crippen LogP contribution in [0, 0.1) is 10.4 Å².